The summed E-state index contributed by atoms with van der Waals surface area (Å²) in [6.07, 6.45) is 26.8. The molecule has 0 N–H and O–H groups in total. The van der Waals surface area contributed by atoms with E-state index < -0.39 is 0 Å². The van der Waals surface area contributed by atoms with Gasteiger partial charge in [0.25, 0.3) is 0 Å². The van der Waals surface area contributed by atoms with Crippen molar-refractivity contribution in [2.45, 2.75) is 122 Å². The summed E-state index contributed by atoms with van der Waals surface area (Å²) in [5, 5.41) is 0. The second-order valence-corrected chi connectivity index (χ2v) is 10.3. The third-order valence-electron chi connectivity index (χ3n) is 7.42. The van der Waals surface area contributed by atoms with Crippen molar-refractivity contribution in [3.63, 3.8) is 0 Å². The fraction of sp³-hybridized carbons (Fsp3) is 0.700. The third kappa shape index (κ3) is 9.35. The molecule has 0 radical (unpaired) electrons. The van der Waals surface area contributed by atoms with E-state index in [2.05, 4.69) is 35.9 Å². The Morgan fingerprint density at radius 1 is 0.706 bits per heavy atom. The van der Waals surface area contributed by atoms with Gasteiger partial charge in [-0.2, -0.15) is 0 Å². The molecule has 0 aromatic carbocycles. The lowest BCUT2D eigenvalue weighted by atomic mass is 9.78. The Labute approximate surface area is 208 Å². The summed E-state index contributed by atoms with van der Waals surface area (Å²) in [5.74, 6) is 3.03. The lowest BCUT2D eigenvalue weighted by Gasteiger charge is -2.28. The molecule has 4 nitrogen and oxygen atoms in total. The number of hydrogen-bond donors (Lipinski definition) is 0. The van der Waals surface area contributed by atoms with Crippen LogP contribution < -0.4 is 4.74 Å². The van der Waals surface area contributed by atoms with Crippen LogP contribution in [0.4, 0.5) is 0 Å². The molecule has 0 amide bonds. The molecular formula is C30H47N3O. The van der Waals surface area contributed by atoms with Crippen LogP contribution in [0.5, 0.6) is 5.75 Å². The highest BCUT2D eigenvalue weighted by atomic mass is 16.5. The van der Waals surface area contributed by atoms with Gasteiger partial charge in [-0.1, -0.05) is 84.5 Å². The molecule has 3 rings (SSSR count). The fourth-order valence-electron chi connectivity index (χ4n) is 5.17. The topological polar surface area (TPSA) is 47.9 Å². The van der Waals surface area contributed by atoms with Gasteiger partial charge < -0.3 is 4.74 Å². The number of aromatic nitrogens is 3. The average molecular weight is 466 g/mol. The Morgan fingerprint density at radius 3 is 2.00 bits per heavy atom. The molecule has 2 aromatic heterocycles. The molecule has 188 valence electrons. The maximum absolute atomic E-state index is 5.81. The van der Waals surface area contributed by atoms with Crippen LogP contribution in [-0.4, -0.2) is 21.6 Å². The first-order chi connectivity index (χ1) is 16.8. The molecule has 1 aliphatic carbocycles. The van der Waals surface area contributed by atoms with Crippen LogP contribution in [0.15, 0.2) is 30.7 Å². The Kier molecular flexibility index (Phi) is 12.4. The monoisotopic (exact) mass is 465 g/mol. The first-order valence-corrected chi connectivity index (χ1v) is 14.2. The van der Waals surface area contributed by atoms with Crippen LogP contribution >= 0.6 is 0 Å². The minimum Gasteiger partial charge on any atom is -0.490 e. The van der Waals surface area contributed by atoms with Crippen molar-refractivity contribution in [2.24, 2.45) is 5.92 Å². The van der Waals surface area contributed by atoms with Gasteiger partial charge >= 0.3 is 0 Å². The second-order valence-electron chi connectivity index (χ2n) is 10.3. The Hall–Kier alpha value is -1.97. The van der Waals surface area contributed by atoms with Gasteiger partial charge in [-0.25, -0.2) is 9.97 Å². The minimum absolute atomic E-state index is 0.615. The largest absolute Gasteiger partial charge is 0.490 e. The number of hydrogen-bond acceptors (Lipinski definition) is 4. The third-order valence-corrected chi connectivity index (χ3v) is 7.42. The Bertz CT molecular complexity index is 767. The predicted octanol–water partition coefficient (Wildman–Crippen LogP) is 8.91. The van der Waals surface area contributed by atoms with Gasteiger partial charge in [-0.15, -0.1) is 0 Å². The molecule has 0 aliphatic heterocycles. The van der Waals surface area contributed by atoms with E-state index in [1.165, 1.54) is 102 Å². The van der Waals surface area contributed by atoms with E-state index in [4.69, 9.17) is 9.72 Å². The fourth-order valence-corrected chi connectivity index (χ4v) is 5.17. The van der Waals surface area contributed by atoms with E-state index >= 15 is 0 Å². The summed E-state index contributed by atoms with van der Waals surface area (Å²) in [4.78, 5) is 13.8. The van der Waals surface area contributed by atoms with Crippen LogP contribution in [-0.2, 0) is 0 Å². The van der Waals surface area contributed by atoms with Crippen LogP contribution in [0, 0.1) is 5.92 Å². The molecule has 2 aromatic rings. The molecule has 2 heterocycles. The molecule has 0 spiro atoms. The average Bonchev–Trinajstić information content (AvgIpc) is 2.89. The van der Waals surface area contributed by atoms with E-state index in [0.717, 1.165) is 36.1 Å². The smallest absolute Gasteiger partial charge is 0.160 e. The molecule has 0 unspecified atom stereocenters. The normalized spacial score (nSPS) is 18.2. The van der Waals surface area contributed by atoms with Crippen LogP contribution in [0.3, 0.4) is 0 Å². The van der Waals surface area contributed by atoms with Crippen LogP contribution in [0.2, 0.25) is 0 Å². The van der Waals surface area contributed by atoms with Gasteiger partial charge in [-0.05, 0) is 50.2 Å². The Morgan fingerprint density at radius 2 is 1.35 bits per heavy atom. The summed E-state index contributed by atoms with van der Waals surface area (Å²) in [6.45, 7) is 5.28. The van der Waals surface area contributed by atoms with Gasteiger partial charge in [0, 0.05) is 23.4 Å². The number of ether oxygens (including phenoxy) is 1. The maximum Gasteiger partial charge on any atom is 0.160 e. The summed E-state index contributed by atoms with van der Waals surface area (Å²) in [5.41, 5.74) is 2.22. The molecule has 1 fully saturated rings. The van der Waals surface area contributed by atoms with Gasteiger partial charge in [0.05, 0.1) is 19.0 Å². The number of unbranched alkanes of at least 4 members (excludes halogenated alkanes) is 9. The molecule has 0 atom stereocenters. The van der Waals surface area contributed by atoms with Gasteiger partial charge in [-0.3, -0.25) is 4.98 Å². The van der Waals surface area contributed by atoms with E-state index in [9.17, 15) is 0 Å². The standard InChI is InChI=1S/C30H47N3O/c1-3-5-7-9-11-13-21-34-28-23-32-30(33-24-28)27-19-20-29(31-22-27)26-17-15-25(16-18-26)14-12-10-8-6-4-2/h19-20,22-26H,3-18,21H2,1-2H3. The minimum atomic E-state index is 0.615. The van der Waals surface area contributed by atoms with Crippen molar-refractivity contribution in [1.82, 2.24) is 15.0 Å². The van der Waals surface area contributed by atoms with Gasteiger partial charge in [0.15, 0.2) is 11.6 Å². The van der Waals surface area contributed by atoms with Crippen molar-refractivity contribution in [3.05, 3.63) is 36.4 Å². The molecule has 0 bridgehead atoms. The summed E-state index contributed by atoms with van der Waals surface area (Å²) >= 11 is 0. The predicted molar refractivity (Wildman–Crippen MR) is 142 cm³/mol. The lowest BCUT2D eigenvalue weighted by Crippen LogP contribution is -2.14. The Balaban J connectivity index is 1.37. The molecule has 34 heavy (non-hydrogen) atoms. The number of nitrogens with zero attached hydrogens (tertiary/aromatic N) is 3. The van der Waals surface area contributed by atoms with Crippen molar-refractivity contribution >= 4 is 0 Å². The van der Waals surface area contributed by atoms with Gasteiger partial charge in [0.1, 0.15) is 0 Å². The quantitative estimate of drug-likeness (QED) is 0.232. The second kappa shape index (κ2) is 15.8. The first kappa shape index (κ1) is 26.6. The lowest BCUT2D eigenvalue weighted by molar-refractivity contribution is 0.299. The van der Waals surface area contributed by atoms with Crippen molar-refractivity contribution < 1.29 is 4.74 Å². The van der Waals surface area contributed by atoms with E-state index in [1.54, 1.807) is 12.4 Å². The summed E-state index contributed by atoms with van der Waals surface area (Å²) in [6, 6.07) is 4.33. The highest BCUT2D eigenvalue weighted by molar-refractivity contribution is 5.53. The zero-order valence-corrected chi connectivity index (χ0v) is 21.8. The molecular weight excluding hydrogens is 418 g/mol. The number of rotatable bonds is 16. The van der Waals surface area contributed by atoms with Gasteiger partial charge in [0.2, 0.25) is 0 Å². The number of pyridine rings is 1. The molecule has 0 saturated heterocycles. The zero-order chi connectivity index (χ0) is 23.8. The maximum atomic E-state index is 5.81. The van der Waals surface area contributed by atoms with Crippen molar-refractivity contribution in [2.75, 3.05) is 6.61 Å². The molecule has 1 aliphatic rings. The van der Waals surface area contributed by atoms with E-state index in [-0.39, 0.29) is 0 Å². The highest BCUT2D eigenvalue weighted by Crippen LogP contribution is 2.37. The molecule has 1 saturated carbocycles. The SMILES string of the molecule is CCCCCCCCOc1cnc(-c2ccc(C3CCC(CCCCCCC)CC3)nc2)nc1. The zero-order valence-electron chi connectivity index (χ0n) is 21.8. The van der Waals surface area contributed by atoms with Crippen molar-refractivity contribution in [1.29, 1.82) is 0 Å². The highest BCUT2D eigenvalue weighted by Gasteiger charge is 2.23. The van der Waals surface area contributed by atoms with E-state index in [1.807, 2.05) is 6.20 Å². The van der Waals surface area contributed by atoms with Crippen LogP contribution in [0.1, 0.15) is 128 Å². The van der Waals surface area contributed by atoms with E-state index in [0.29, 0.717) is 5.92 Å². The molecule has 4 heteroatoms. The summed E-state index contributed by atoms with van der Waals surface area (Å²) < 4.78 is 5.81. The van der Waals surface area contributed by atoms with Crippen LogP contribution in [0.25, 0.3) is 11.4 Å². The van der Waals surface area contributed by atoms with Crippen molar-refractivity contribution in [3.8, 4) is 17.1 Å². The first-order valence-electron chi connectivity index (χ1n) is 14.2. The summed E-state index contributed by atoms with van der Waals surface area (Å²) in [7, 11) is 0.